The molecule has 1 rings (SSSR count). The van der Waals surface area contributed by atoms with Gasteiger partial charge in [0.15, 0.2) is 5.75 Å². The minimum absolute atomic E-state index is 0.699. The molecule has 1 aromatic rings. The van der Waals surface area contributed by atoms with Crippen molar-refractivity contribution in [1.29, 1.82) is 0 Å². The van der Waals surface area contributed by atoms with Crippen molar-refractivity contribution in [3.63, 3.8) is 0 Å². The first-order valence-electron chi connectivity index (χ1n) is 3.85. The first-order chi connectivity index (χ1) is 5.74. The normalized spacial score (nSPS) is 10.0. The van der Waals surface area contributed by atoms with E-state index in [2.05, 4.69) is 13.1 Å². The third-order valence-corrected chi connectivity index (χ3v) is 2.01. The molecule has 3 heteroatoms. The van der Waals surface area contributed by atoms with Crippen LogP contribution >= 0.6 is 0 Å². The molecule has 0 saturated carbocycles. The SMILES string of the molecule is COc1ccccc1O[Si](C)C. The number of para-hydroxylation sites is 2. The molecule has 1 radical (unpaired) electrons. The molecule has 0 aliphatic heterocycles. The molecular weight excluding hydrogens is 168 g/mol. The third-order valence-electron chi connectivity index (χ3n) is 1.38. The summed E-state index contributed by atoms with van der Waals surface area (Å²) in [5.74, 6) is 1.66. The second kappa shape index (κ2) is 4.16. The molecule has 0 aliphatic carbocycles. The second-order valence-corrected chi connectivity index (χ2v) is 4.68. The van der Waals surface area contributed by atoms with E-state index in [1.807, 2.05) is 24.3 Å². The Balaban J connectivity index is 2.82. The van der Waals surface area contributed by atoms with E-state index >= 15 is 0 Å². The predicted molar refractivity (Wildman–Crippen MR) is 51.1 cm³/mol. The van der Waals surface area contributed by atoms with E-state index in [0.29, 0.717) is 0 Å². The van der Waals surface area contributed by atoms with Crippen LogP contribution in [0.2, 0.25) is 13.1 Å². The standard InChI is InChI=1S/C9H13O2Si/c1-10-8-6-4-5-7-9(8)11-12(2)3/h4-7H,1-3H3. The van der Waals surface area contributed by atoms with Crippen LogP contribution in [0.4, 0.5) is 0 Å². The van der Waals surface area contributed by atoms with E-state index < -0.39 is 9.04 Å². The van der Waals surface area contributed by atoms with E-state index in [-0.39, 0.29) is 0 Å². The molecule has 0 N–H and O–H groups in total. The van der Waals surface area contributed by atoms with Gasteiger partial charge in [-0.3, -0.25) is 0 Å². The number of ether oxygens (including phenoxy) is 1. The summed E-state index contributed by atoms with van der Waals surface area (Å²) < 4.78 is 10.8. The lowest BCUT2D eigenvalue weighted by molar-refractivity contribution is 0.394. The quantitative estimate of drug-likeness (QED) is 0.666. The Hall–Kier alpha value is -0.963. The maximum absolute atomic E-state index is 5.61. The molecule has 12 heavy (non-hydrogen) atoms. The van der Waals surface area contributed by atoms with Gasteiger partial charge in [0.1, 0.15) is 5.75 Å². The van der Waals surface area contributed by atoms with Crippen LogP contribution in [0, 0.1) is 0 Å². The lowest BCUT2D eigenvalue weighted by atomic mass is 10.3. The molecule has 0 aromatic heterocycles. The minimum atomic E-state index is -0.699. The van der Waals surface area contributed by atoms with Crippen LogP contribution < -0.4 is 9.16 Å². The average Bonchev–Trinajstić information content (AvgIpc) is 2.04. The maximum Gasteiger partial charge on any atom is 0.274 e. The van der Waals surface area contributed by atoms with E-state index in [1.54, 1.807) is 7.11 Å². The zero-order valence-electron chi connectivity index (χ0n) is 7.63. The van der Waals surface area contributed by atoms with Gasteiger partial charge in [-0.2, -0.15) is 0 Å². The number of hydrogen-bond acceptors (Lipinski definition) is 2. The fraction of sp³-hybridized carbons (Fsp3) is 0.333. The highest BCUT2D eigenvalue weighted by molar-refractivity contribution is 6.49. The van der Waals surface area contributed by atoms with E-state index in [9.17, 15) is 0 Å². The lowest BCUT2D eigenvalue weighted by Crippen LogP contribution is -2.11. The number of hydrogen-bond donors (Lipinski definition) is 0. The first-order valence-corrected chi connectivity index (χ1v) is 6.26. The van der Waals surface area contributed by atoms with Crippen LogP contribution in [-0.4, -0.2) is 16.2 Å². The van der Waals surface area contributed by atoms with Gasteiger partial charge in [-0.15, -0.1) is 0 Å². The fourth-order valence-corrected chi connectivity index (χ4v) is 1.53. The summed E-state index contributed by atoms with van der Waals surface area (Å²) in [5.41, 5.74) is 0. The maximum atomic E-state index is 5.61. The molecule has 2 nitrogen and oxygen atoms in total. The summed E-state index contributed by atoms with van der Waals surface area (Å²) in [4.78, 5) is 0. The smallest absolute Gasteiger partial charge is 0.274 e. The Morgan fingerprint density at radius 1 is 1.08 bits per heavy atom. The molecule has 0 heterocycles. The molecule has 0 spiro atoms. The van der Waals surface area contributed by atoms with Gasteiger partial charge in [-0.25, -0.2) is 0 Å². The second-order valence-electron chi connectivity index (χ2n) is 2.66. The third kappa shape index (κ3) is 2.27. The Labute approximate surface area is 74.9 Å². The summed E-state index contributed by atoms with van der Waals surface area (Å²) in [6, 6.07) is 7.71. The molecule has 0 unspecified atom stereocenters. The highest BCUT2D eigenvalue weighted by Crippen LogP contribution is 2.25. The summed E-state index contributed by atoms with van der Waals surface area (Å²) >= 11 is 0. The van der Waals surface area contributed by atoms with Crippen LogP contribution in [0.5, 0.6) is 11.5 Å². The van der Waals surface area contributed by atoms with Crippen LogP contribution in [0.15, 0.2) is 24.3 Å². The van der Waals surface area contributed by atoms with Gasteiger partial charge in [-0.1, -0.05) is 12.1 Å². The largest absolute Gasteiger partial charge is 0.540 e. The minimum Gasteiger partial charge on any atom is -0.540 e. The molecule has 65 valence electrons. The van der Waals surface area contributed by atoms with Gasteiger partial charge in [0.2, 0.25) is 0 Å². The van der Waals surface area contributed by atoms with Gasteiger partial charge < -0.3 is 9.16 Å². The molecule has 0 bridgehead atoms. The summed E-state index contributed by atoms with van der Waals surface area (Å²) in [5, 5.41) is 0. The van der Waals surface area contributed by atoms with Crippen LogP contribution in [-0.2, 0) is 0 Å². The predicted octanol–water partition coefficient (Wildman–Crippen LogP) is 2.33. The van der Waals surface area contributed by atoms with Crippen molar-refractivity contribution >= 4 is 9.04 Å². The zero-order valence-corrected chi connectivity index (χ0v) is 8.63. The van der Waals surface area contributed by atoms with Gasteiger partial charge in [-0.05, 0) is 25.2 Å². The van der Waals surface area contributed by atoms with Crippen molar-refractivity contribution in [3.05, 3.63) is 24.3 Å². The van der Waals surface area contributed by atoms with Crippen LogP contribution in [0.25, 0.3) is 0 Å². The summed E-state index contributed by atoms with van der Waals surface area (Å²) in [7, 11) is 0.954. The monoisotopic (exact) mass is 181 g/mol. The van der Waals surface area contributed by atoms with E-state index in [4.69, 9.17) is 9.16 Å². The highest BCUT2D eigenvalue weighted by Gasteiger charge is 2.04. The number of rotatable bonds is 3. The molecule has 0 saturated heterocycles. The number of methoxy groups -OCH3 is 1. The van der Waals surface area contributed by atoms with Gasteiger partial charge in [0, 0.05) is 0 Å². The summed E-state index contributed by atoms with van der Waals surface area (Å²) in [6.07, 6.45) is 0. The van der Waals surface area contributed by atoms with Crippen molar-refractivity contribution in [2.75, 3.05) is 7.11 Å². The van der Waals surface area contributed by atoms with Crippen LogP contribution in [0.3, 0.4) is 0 Å². The molecule has 0 fully saturated rings. The van der Waals surface area contributed by atoms with Gasteiger partial charge >= 0.3 is 0 Å². The fourth-order valence-electron chi connectivity index (χ4n) is 0.923. The molecule has 1 aromatic carbocycles. The van der Waals surface area contributed by atoms with Crippen molar-refractivity contribution in [2.24, 2.45) is 0 Å². The molecule has 0 amide bonds. The molecular formula is C9H13O2Si. The average molecular weight is 181 g/mol. The molecule has 0 aliphatic rings. The van der Waals surface area contributed by atoms with Crippen molar-refractivity contribution in [1.82, 2.24) is 0 Å². The lowest BCUT2D eigenvalue weighted by Gasteiger charge is -2.11. The van der Waals surface area contributed by atoms with Crippen molar-refractivity contribution in [2.45, 2.75) is 13.1 Å². The van der Waals surface area contributed by atoms with Crippen molar-refractivity contribution in [3.8, 4) is 11.5 Å². The Kier molecular flexibility index (Phi) is 3.16. The van der Waals surface area contributed by atoms with E-state index in [0.717, 1.165) is 11.5 Å². The van der Waals surface area contributed by atoms with Gasteiger partial charge in [0.25, 0.3) is 9.04 Å². The Morgan fingerprint density at radius 3 is 2.17 bits per heavy atom. The zero-order chi connectivity index (χ0) is 8.97. The molecule has 0 atom stereocenters. The van der Waals surface area contributed by atoms with E-state index in [1.165, 1.54) is 0 Å². The summed E-state index contributed by atoms with van der Waals surface area (Å²) in [6.45, 7) is 4.19. The first kappa shape index (κ1) is 9.13. The topological polar surface area (TPSA) is 18.5 Å². The Morgan fingerprint density at radius 2 is 1.67 bits per heavy atom. The number of benzene rings is 1. The highest BCUT2D eigenvalue weighted by atomic mass is 28.3. The Bertz CT molecular complexity index is 248. The van der Waals surface area contributed by atoms with Crippen molar-refractivity contribution < 1.29 is 9.16 Å². The van der Waals surface area contributed by atoms with Gasteiger partial charge in [0.05, 0.1) is 7.11 Å². The van der Waals surface area contributed by atoms with Crippen LogP contribution in [0.1, 0.15) is 0 Å².